The Labute approximate surface area is 110 Å². The Morgan fingerprint density at radius 3 is 1.67 bits per heavy atom. The van der Waals surface area contributed by atoms with Crippen LogP contribution in [0.25, 0.3) is 0 Å². The first-order valence-electron chi connectivity index (χ1n) is 6.49. The molecule has 0 amide bonds. The summed E-state index contributed by atoms with van der Waals surface area (Å²) in [6.45, 7) is 2.68. The van der Waals surface area contributed by atoms with E-state index in [1.54, 1.807) is 0 Å². The van der Waals surface area contributed by atoms with Gasteiger partial charge >= 0.3 is 0 Å². The minimum atomic E-state index is -1.68. The molecule has 94 valence electrons. The fraction of sp³-hybridized carbons (Fsp3) is 0.250. The van der Waals surface area contributed by atoms with Crippen LogP contribution in [-0.2, 0) is 0 Å². The first kappa shape index (κ1) is 13.1. The van der Waals surface area contributed by atoms with E-state index in [1.165, 1.54) is 10.4 Å². The maximum atomic E-state index is 9.15. The molecule has 0 fully saturated rings. The SMILES string of the molecule is C[Si](CCCO)(c1ccccc1)c1ccccc1. The molecule has 1 nitrogen and oxygen atoms in total. The lowest BCUT2D eigenvalue weighted by Gasteiger charge is -2.28. The lowest BCUT2D eigenvalue weighted by molar-refractivity contribution is 0.294. The van der Waals surface area contributed by atoms with Gasteiger partial charge in [-0.1, -0.05) is 77.6 Å². The van der Waals surface area contributed by atoms with Gasteiger partial charge in [0.25, 0.3) is 0 Å². The Balaban J connectivity index is 2.41. The summed E-state index contributed by atoms with van der Waals surface area (Å²) in [5.74, 6) is 0. The van der Waals surface area contributed by atoms with Crippen LogP contribution < -0.4 is 10.4 Å². The van der Waals surface area contributed by atoms with Crippen LogP contribution in [0, 0.1) is 0 Å². The van der Waals surface area contributed by atoms with Gasteiger partial charge in [0.1, 0.15) is 8.07 Å². The maximum absolute atomic E-state index is 9.15. The monoisotopic (exact) mass is 256 g/mol. The molecule has 0 aromatic heterocycles. The van der Waals surface area contributed by atoms with E-state index >= 15 is 0 Å². The zero-order valence-electron chi connectivity index (χ0n) is 10.8. The minimum Gasteiger partial charge on any atom is -0.396 e. The van der Waals surface area contributed by atoms with Crippen molar-refractivity contribution in [2.24, 2.45) is 0 Å². The van der Waals surface area contributed by atoms with Crippen molar-refractivity contribution in [2.45, 2.75) is 19.0 Å². The molecule has 0 heterocycles. The molecule has 0 spiro atoms. The Bertz CT molecular complexity index is 427. The smallest absolute Gasteiger partial charge is 0.115 e. The Morgan fingerprint density at radius 1 is 0.833 bits per heavy atom. The highest BCUT2D eigenvalue weighted by Crippen LogP contribution is 2.13. The summed E-state index contributed by atoms with van der Waals surface area (Å²) in [5.41, 5.74) is 0. The van der Waals surface area contributed by atoms with E-state index in [0.717, 1.165) is 12.5 Å². The van der Waals surface area contributed by atoms with Gasteiger partial charge in [0, 0.05) is 6.61 Å². The van der Waals surface area contributed by atoms with E-state index in [9.17, 15) is 0 Å². The van der Waals surface area contributed by atoms with Crippen molar-refractivity contribution in [3.05, 3.63) is 60.7 Å². The highest BCUT2D eigenvalue weighted by atomic mass is 28.3. The maximum Gasteiger partial charge on any atom is 0.115 e. The minimum absolute atomic E-state index is 0.280. The van der Waals surface area contributed by atoms with Gasteiger partial charge in [-0.15, -0.1) is 0 Å². The number of aliphatic hydroxyl groups is 1. The lowest BCUT2D eigenvalue weighted by atomic mass is 10.4. The third-order valence-electron chi connectivity index (χ3n) is 3.66. The Kier molecular flexibility index (Phi) is 4.34. The third kappa shape index (κ3) is 2.71. The summed E-state index contributed by atoms with van der Waals surface area (Å²) in [5, 5.41) is 12.0. The Morgan fingerprint density at radius 2 is 1.28 bits per heavy atom. The van der Waals surface area contributed by atoms with E-state index in [4.69, 9.17) is 5.11 Å². The first-order valence-corrected chi connectivity index (χ1v) is 9.20. The van der Waals surface area contributed by atoms with Crippen molar-refractivity contribution in [2.75, 3.05) is 6.61 Å². The normalized spacial score (nSPS) is 11.4. The van der Waals surface area contributed by atoms with Crippen molar-refractivity contribution in [1.82, 2.24) is 0 Å². The molecule has 18 heavy (non-hydrogen) atoms. The van der Waals surface area contributed by atoms with E-state index in [-0.39, 0.29) is 6.61 Å². The van der Waals surface area contributed by atoms with Gasteiger partial charge in [-0.2, -0.15) is 0 Å². The summed E-state index contributed by atoms with van der Waals surface area (Å²) in [7, 11) is -1.68. The summed E-state index contributed by atoms with van der Waals surface area (Å²) in [4.78, 5) is 0. The highest BCUT2D eigenvalue weighted by Gasteiger charge is 2.30. The topological polar surface area (TPSA) is 20.2 Å². The van der Waals surface area contributed by atoms with Gasteiger partial charge in [-0.05, 0) is 12.5 Å². The van der Waals surface area contributed by atoms with Gasteiger partial charge in [0.05, 0.1) is 0 Å². The zero-order chi connectivity index (χ0) is 12.8. The van der Waals surface area contributed by atoms with Crippen molar-refractivity contribution in [3.8, 4) is 0 Å². The molecule has 1 N–H and O–H groups in total. The van der Waals surface area contributed by atoms with Crippen LogP contribution in [0.2, 0.25) is 12.6 Å². The van der Waals surface area contributed by atoms with E-state index in [1.807, 2.05) is 0 Å². The fourth-order valence-electron chi connectivity index (χ4n) is 2.50. The molecule has 2 rings (SSSR count). The highest BCUT2D eigenvalue weighted by molar-refractivity contribution is 7.01. The molecular formula is C16H20OSi. The molecule has 0 aliphatic rings. The average Bonchev–Trinajstić information content (AvgIpc) is 2.46. The largest absolute Gasteiger partial charge is 0.396 e. The van der Waals surface area contributed by atoms with Gasteiger partial charge in [-0.25, -0.2) is 0 Å². The van der Waals surface area contributed by atoms with Crippen LogP contribution >= 0.6 is 0 Å². The molecule has 0 saturated carbocycles. The average molecular weight is 256 g/mol. The van der Waals surface area contributed by atoms with E-state index in [2.05, 4.69) is 67.2 Å². The van der Waals surface area contributed by atoms with Crippen LogP contribution in [-0.4, -0.2) is 19.8 Å². The summed E-state index contributed by atoms with van der Waals surface area (Å²) in [6, 6.07) is 22.6. The number of rotatable bonds is 5. The van der Waals surface area contributed by atoms with E-state index in [0.29, 0.717) is 0 Å². The summed E-state index contributed by atoms with van der Waals surface area (Å²) < 4.78 is 0. The Hall–Kier alpha value is -1.38. The van der Waals surface area contributed by atoms with Crippen molar-refractivity contribution < 1.29 is 5.11 Å². The van der Waals surface area contributed by atoms with Gasteiger partial charge in [0.15, 0.2) is 0 Å². The number of aliphatic hydroxyl groups excluding tert-OH is 1. The quantitative estimate of drug-likeness (QED) is 0.814. The molecule has 0 saturated heterocycles. The van der Waals surface area contributed by atoms with Crippen LogP contribution in [0.5, 0.6) is 0 Å². The standard InChI is InChI=1S/C16H20OSi/c1-18(14-8-13-17,15-9-4-2-5-10-15)16-11-6-3-7-12-16/h2-7,9-12,17H,8,13-14H2,1H3. The van der Waals surface area contributed by atoms with Crippen molar-refractivity contribution in [3.63, 3.8) is 0 Å². The molecule has 0 atom stereocenters. The lowest BCUT2D eigenvalue weighted by Crippen LogP contribution is -2.55. The molecule has 0 unspecified atom stereocenters. The molecule has 0 aliphatic heterocycles. The molecule has 2 heteroatoms. The number of benzene rings is 2. The second-order valence-electron chi connectivity index (χ2n) is 4.89. The van der Waals surface area contributed by atoms with Crippen LogP contribution in [0.15, 0.2) is 60.7 Å². The zero-order valence-corrected chi connectivity index (χ0v) is 11.8. The number of hydrogen-bond acceptors (Lipinski definition) is 1. The van der Waals surface area contributed by atoms with Crippen LogP contribution in [0.4, 0.5) is 0 Å². The second-order valence-corrected chi connectivity index (χ2v) is 9.21. The first-order chi connectivity index (χ1) is 8.77. The predicted molar refractivity (Wildman–Crippen MR) is 80.3 cm³/mol. The fourth-order valence-corrected chi connectivity index (χ4v) is 6.13. The van der Waals surface area contributed by atoms with Gasteiger partial charge < -0.3 is 5.11 Å². The molecule has 0 aliphatic carbocycles. The molecular weight excluding hydrogens is 236 g/mol. The van der Waals surface area contributed by atoms with Gasteiger partial charge in [-0.3, -0.25) is 0 Å². The van der Waals surface area contributed by atoms with Crippen LogP contribution in [0.3, 0.4) is 0 Å². The molecule has 2 aromatic carbocycles. The molecule has 0 bridgehead atoms. The van der Waals surface area contributed by atoms with Crippen molar-refractivity contribution >= 4 is 18.4 Å². The third-order valence-corrected chi connectivity index (χ3v) is 8.23. The van der Waals surface area contributed by atoms with Gasteiger partial charge in [0.2, 0.25) is 0 Å². The second kappa shape index (κ2) is 5.98. The molecule has 0 radical (unpaired) electrons. The number of hydrogen-bond donors (Lipinski definition) is 1. The van der Waals surface area contributed by atoms with Crippen LogP contribution in [0.1, 0.15) is 6.42 Å². The predicted octanol–water partition coefficient (Wildman–Crippen LogP) is 2.26. The van der Waals surface area contributed by atoms with E-state index < -0.39 is 8.07 Å². The van der Waals surface area contributed by atoms with Crippen molar-refractivity contribution in [1.29, 1.82) is 0 Å². The summed E-state index contributed by atoms with van der Waals surface area (Å²) in [6.07, 6.45) is 0.881. The molecule has 2 aromatic rings. The summed E-state index contributed by atoms with van der Waals surface area (Å²) >= 11 is 0.